The Morgan fingerprint density at radius 3 is 2.57 bits per heavy atom. The summed E-state index contributed by atoms with van der Waals surface area (Å²) in [5.41, 5.74) is 0. The third kappa shape index (κ3) is 3.50. The minimum Gasteiger partial charge on any atom is -0.468 e. The van der Waals surface area contributed by atoms with Gasteiger partial charge in [-0.15, -0.1) is 0 Å². The van der Waals surface area contributed by atoms with Gasteiger partial charge in [0.05, 0.1) is 7.11 Å². The number of methoxy groups -OCH3 is 1. The van der Waals surface area contributed by atoms with Crippen molar-refractivity contribution in [3.63, 3.8) is 0 Å². The van der Waals surface area contributed by atoms with Gasteiger partial charge in [-0.25, -0.2) is 0 Å². The number of nitrogens with zero attached hydrogens (tertiary/aromatic N) is 1. The molecule has 2 atom stereocenters. The first-order valence-corrected chi connectivity index (χ1v) is 8.32. The summed E-state index contributed by atoms with van der Waals surface area (Å²) < 4.78 is 16.3. The van der Waals surface area contributed by atoms with Crippen LogP contribution in [-0.2, 0) is 14.1 Å². The first-order valence-electron chi connectivity index (χ1n) is 6.20. The predicted octanol–water partition coefficient (Wildman–Crippen LogP) is 3.89. The van der Waals surface area contributed by atoms with Gasteiger partial charge in [-0.1, -0.05) is 36.4 Å². The molecule has 5 nitrogen and oxygen atoms in total. The molecule has 0 amide bonds. The molecule has 0 saturated heterocycles. The third-order valence-electron chi connectivity index (χ3n) is 2.97. The van der Waals surface area contributed by atoms with Gasteiger partial charge in [0.15, 0.2) is 11.8 Å². The maximum atomic E-state index is 11.7. The topological polar surface area (TPSA) is 55.8 Å². The number of hydrogen-bond acceptors (Lipinski definition) is 4. The molecule has 0 radical (unpaired) electrons. The Hall–Kier alpha value is -1.68. The number of fused-ring (bicyclic) bond motifs is 1. The fourth-order valence-corrected chi connectivity index (χ4v) is 2.89. The molecule has 0 aliphatic rings. The van der Waals surface area contributed by atoms with Gasteiger partial charge in [-0.3, -0.25) is 4.79 Å². The molecule has 0 fully saturated rings. The van der Waals surface area contributed by atoms with Crippen LogP contribution in [0.2, 0.25) is 0 Å². The van der Waals surface area contributed by atoms with E-state index in [0.717, 1.165) is 15.6 Å². The molecule has 2 aromatic rings. The van der Waals surface area contributed by atoms with Crippen molar-refractivity contribution in [3.8, 4) is 5.75 Å². The molecule has 0 spiro atoms. The lowest BCUT2D eigenvalue weighted by atomic mass is 10.1. The van der Waals surface area contributed by atoms with Crippen molar-refractivity contribution >= 4 is 35.3 Å². The van der Waals surface area contributed by atoms with Crippen molar-refractivity contribution in [2.24, 2.45) is 0 Å². The van der Waals surface area contributed by atoms with Crippen LogP contribution in [0.15, 0.2) is 42.5 Å². The molecule has 0 aliphatic heterocycles. The van der Waals surface area contributed by atoms with Crippen LogP contribution in [0, 0.1) is 0 Å². The molecule has 1 unspecified atom stereocenters. The van der Waals surface area contributed by atoms with E-state index in [-0.39, 0.29) is 0 Å². The normalized spacial score (nSPS) is 13.0. The Kier molecular flexibility index (Phi) is 5.12. The van der Waals surface area contributed by atoms with E-state index in [1.165, 1.54) is 14.0 Å². The summed E-state index contributed by atoms with van der Waals surface area (Å²) in [5, 5.41) is 1.79. The first kappa shape index (κ1) is 15.7. The average Bonchev–Trinajstić information content (AvgIpc) is 2.50. The number of esters is 1. The maximum absolute atomic E-state index is 11.7. The Labute approximate surface area is 128 Å². The largest absolute Gasteiger partial charge is 0.593 e. The number of ether oxygens (including phenoxy) is 1. The quantitative estimate of drug-likeness (QED) is 0.474. The van der Waals surface area contributed by atoms with Crippen molar-refractivity contribution in [3.05, 3.63) is 42.5 Å². The monoisotopic (exact) mass is 326 g/mol. The van der Waals surface area contributed by atoms with Crippen LogP contribution >= 0.6 is 18.5 Å². The van der Waals surface area contributed by atoms with Crippen LogP contribution in [-0.4, -0.2) is 24.0 Å². The molecule has 110 valence electrons. The number of carbonyl (C=O) groups is 1. The molecule has 2 rings (SSSR count). The zero-order chi connectivity index (χ0) is 15.4. The van der Waals surface area contributed by atoms with Gasteiger partial charge >= 0.3 is 13.3 Å². The molecule has 7 heteroatoms. The molecule has 0 aliphatic carbocycles. The molecule has 0 aromatic heterocycles. The fourth-order valence-electron chi connectivity index (χ4n) is 1.88. The summed E-state index contributed by atoms with van der Waals surface area (Å²) in [5.74, 6) is -0.118. The highest BCUT2D eigenvalue weighted by Gasteiger charge is 2.40. The number of rotatable bonds is 5. The van der Waals surface area contributed by atoms with E-state index in [0.29, 0.717) is 5.75 Å². The van der Waals surface area contributed by atoms with Gasteiger partial charge in [-0.2, -0.15) is 0 Å². The Balaban J connectivity index is 2.36. The molecule has 0 saturated carbocycles. The second-order valence-corrected chi connectivity index (χ2v) is 6.01. The van der Waals surface area contributed by atoms with Crippen LogP contribution in [0.5, 0.6) is 5.75 Å². The van der Waals surface area contributed by atoms with Gasteiger partial charge in [0.1, 0.15) is 4.83 Å². The number of carbonyl (C=O) groups excluding carboxylic acids is 1. The van der Waals surface area contributed by atoms with Crippen LogP contribution in [0.4, 0.5) is 0 Å². The maximum Gasteiger partial charge on any atom is 0.593 e. The van der Waals surface area contributed by atoms with Crippen LogP contribution in [0.1, 0.15) is 6.92 Å². The zero-order valence-electron chi connectivity index (χ0n) is 11.5. The summed E-state index contributed by atoms with van der Waals surface area (Å²) in [4.78, 5) is 18.1. The molecule has 0 N–H and O–H groups in total. The number of hydroxylamine groups is 1. The van der Waals surface area contributed by atoms with E-state index in [4.69, 9.17) is 16.1 Å². The van der Waals surface area contributed by atoms with Gasteiger partial charge in [0.2, 0.25) is 11.2 Å². The van der Waals surface area contributed by atoms with Gasteiger partial charge in [-0.05, 0) is 22.9 Å². The molecular weight excluding hydrogens is 313 g/mol. The highest BCUT2D eigenvalue weighted by atomic mass is 35.7. The molecule has 2 aromatic carbocycles. The molecular formula is C14H14ClNO4P+. The van der Waals surface area contributed by atoms with Gasteiger partial charge in [0.25, 0.3) is 0 Å². The Morgan fingerprint density at radius 1 is 1.24 bits per heavy atom. The minimum atomic E-state index is -2.39. The lowest BCUT2D eigenvalue weighted by Gasteiger charge is -2.16. The van der Waals surface area contributed by atoms with Crippen molar-refractivity contribution in [1.29, 1.82) is 0 Å². The number of hydrogen-bond donors (Lipinski definition) is 0. The lowest BCUT2D eigenvalue weighted by Crippen LogP contribution is -2.36. The number of benzene rings is 2. The second kappa shape index (κ2) is 6.85. The van der Waals surface area contributed by atoms with Gasteiger partial charge < -0.3 is 9.57 Å². The second-order valence-electron chi connectivity index (χ2n) is 4.30. The summed E-state index contributed by atoms with van der Waals surface area (Å²) >= 11 is 5.64. The Bertz CT molecular complexity index is 674. The van der Waals surface area contributed by atoms with E-state index in [2.05, 4.69) is 4.74 Å². The zero-order valence-corrected chi connectivity index (χ0v) is 13.2. The standard InChI is InChI=1S/C14H14ClNO4P/c1-10(14(17)19-2)16(21(15)18)20-13-9-5-7-11-6-3-4-8-12(11)13/h3-10H,1-2H3/q+1/t10-/m0/s1. The highest BCUT2D eigenvalue weighted by molar-refractivity contribution is 7.71. The van der Waals surface area contributed by atoms with Crippen molar-refractivity contribution < 1.29 is 18.9 Å². The molecule has 0 heterocycles. The van der Waals surface area contributed by atoms with Crippen LogP contribution in [0.25, 0.3) is 10.8 Å². The SMILES string of the molecule is COC(=O)[C@H](C)N(Oc1cccc2ccccc12)[P+](=O)Cl. The smallest absolute Gasteiger partial charge is 0.468 e. The average molecular weight is 327 g/mol. The Morgan fingerprint density at radius 2 is 1.90 bits per heavy atom. The molecule has 0 bridgehead atoms. The summed E-state index contributed by atoms with van der Waals surface area (Å²) in [6, 6.07) is 12.1. The first-order chi connectivity index (χ1) is 10.0. The summed E-state index contributed by atoms with van der Waals surface area (Å²) in [7, 11) is -1.14. The van der Waals surface area contributed by atoms with E-state index < -0.39 is 19.3 Å². The van der Waals surface area contributed by atoms with E-state index in [1.54, 1.807) is 12.1 Å². The van der Waals surface area contributed by atoms with Crippen LogP contribution < -0.4 is 4.84 Å². The van der Waals surface area contributed by atoms with Crippen LogP contribution in [0.3, 0.4) is 0 Å². The van der Waals surface area contributed by atoms with E-state index >= 15 is 0 Å². The van der Waals surface area contributed by atoms with Crippen molar-refractivity contribution in [1.82, 2.24) is 4.83 Å². The third-order valence-corrected chi connectivity index (χ3v) is 4.16. The van der Waals surface area contributed by atoms with E-state index in [1.807, 2.05) is 30.3 Å². The highest BCUT2D eigenvalue weighted by Crippen LogP contribution is 2.37. The predicted molar refractivity (Wildman–Crippen MR) is 81.4 cm³/mol. The fraction of sp³-hybridized carbons (Fsp3) is 0.214. The summed E-state index contributed by atoms with van der Waals surface area (Å²) in [6.45, 7) is 1.51. The molecule has 21 heavy (non-hydrogen) atoms. The number of halogens is 1. The van der Waals surface area contributed by atoms with E-state index in [9.17, 15) is 9.36 Å². The summed E-state index contributed by atoms with van der Waals surface area (Å²) in [6.07, 6.45) is 0. The van der Waals surface area contributed by atoms with Crippen molar-refractivity contribution in [2.75, 3.05) is 7.11 Å². The lowest BCUT2D eigenvalue weighted by molar-refractivity contribution is -0.151. The van der Waals surface area contributed by atoms with Gasteiger partial charge in [0, 0.05) is 5.39 Å². The van der Waals surface area contributed by atoms with Crippen molar-refractivity contribution in [2.45, 2.75) is 13.0 Å². The minimum absolute atomic E-state index is 0.466.